The Labute approximate surface area is 165 Å². The number of nitrogens with zero attached hydrogens (tertiary/aromatic N) is 1. The van der Waals surface area contributed by atoms with Crippen molar-refractivity contribution >= 4 is 28.4 Å². The van der Waals surface area contributed by atoms with Crippen LogP contribution in [0.5, 0.6) is 11.5 Å². The van der Waals surface area contributed by atoms with Gasteiger partial charge in [-0.05, 0) is 49.9 Å². The second-order valence-corrected chi connectivity index (χ2v) is 6.76. The summed E-state index contributed by atoms with van der Waals surface area (Å²) in [6, 6.07) is 10.8. The first-order chi connectivity index (χ1) is 14.1. The van der Waals surface area contributed by atoms with Crippen LogP contribution in [0, 0.1) is 0 Å². The molecule has 9 heteroatoms. The molecule has 0 aliphatic heterocycles. The van der Waals surface area contributed by atoms with E-state index in [9.17, 15) is 13.6 Å². The number of nitrogens with one attached hydrogen (secondary N) is 3. The topological polar surface area (TPSA) is 88.3 Å². The normalized spacial score (nSPS) is 14.3. The van der Waals surface area contributed by atoms with E-state index in [1.807, 2.05) is 18.2 Å². The molecule has 2 aromatic carbocycles. The number of hydrogen-bond acceptors (Lipinski definition) is 4. The van der Waals surface area contributed by atoms with Gasteiger partial charge in [-0.25, -0.2) is 4.79 Å². The lowest BCUT2D eigenvalue weighted by atomic mass is 10.2. The molecule has 1 saturated carbocycles. The first-order valence-electron chi connectivity index (χ1n) is 9.35. The smallest absolute Gasteiger partial charge is 0.387 e. The van der Waals surface area contributed by atoms with E-state index in [0.29, 0.717) is 11.2 Å². The molecule has 0 saturated heterocycles. The van der Waals surface area contributed by atoms with Crippen LogP contribution in [0.3, 0.4) is 0 Å². The Bertz CT molecular complexity index is 1000. The third-order valence-corrected chi connectivity index (χ3v) is 4.72. The summed E-state index contributed by atoms with van der Waals surface area (Å²) in [5.41, 5.74) is 0.842. The molecule has 0 atom stereocenters. The van der Waals surface area contributed by atoms with Gasteiger partial charge in [0, 0.05) is 11.5 Å². The SMILES string of the molecule is O=C(Nc1ccccc1OC(F)F)Nc1n[nH]c2cc(OC3CCCC3)ccc12. The fraction of sp³-hybridized carbons (Fsp3) is 0.300. The number of carbonyl (C=O) groups excluding carboxylic acids is 1. The van der Waals surface area contributed by atoms with E-state index in [1.165, 1.54) is 31.0 Å². The summed E-state index contributed by atoms with van der Waals surface area (Å²) in [5.74, 6) is 0.942. The van der Waals surface area contributed by atoms with Gasteiger partial charge in [0.25, 0.3) is 0 Å². The van der Waals surface area contributed by atoms with Crippen molar-refractivity contribution in [2.24, 2.45) is 0 Å². The zero-order chi connectivity index (χ0) is 20.2. The Morgan fingerprint density at radius 3 is 2.72 bits per heavy atom. The fourth-order valence-electron chi connectivity index (χ4n) is 3.40. The second kappa shape index (κ2) is 8.34. The molecule has 4 rings (SSSR count). The van der Waals surface area contributed by atoms with Crippen molar-refractivity contribution in [1.82, 2.24) is 10.2 Å². The Balaban J connectivity index is 1.44. The molecule has 2 amide bonds. The molecule has 0 bridgehead atoms. The lowest BCUT2D eigenvalue weighted by molar-refractivity contribution is -0.0493. The zero-order valence-electron chi connectivity index (χ0n) is 15.5. The maximum Gasteiger partial charge on any atom is 0.387 e. The number of H-pyrrole nitrogens is 1. The number of fused-ring (bicyclic) bond motifs is 1. The van der Waals surface area contributed by atoms with Crippen molar-refractivity contribution < 1.29 is 23.0 Å². The largest absolute Gasteiger partial charge is 0.490 e. The molecular weight excluding hydrogens is 382 g/mol. The average molecular weight is 402 g/mol. The highest BCUT2D eigenvalue weighted by Gasteiger charge is 2.18. The highest BCUT2D eigenvalue weighted by Crippen LogP contribution is 2.29. The molecule has 3 aromatic rings. The molecular formula is C20H20F2N4O3. The predicted molar refractivity (Wildman–Crippen MR) is 105 cm³/mol. The zero-order valence-corrected chi connectivity index (χ0v) is 15.5. The number of anilines is 2. The summed E-state index contributed by atoms with van der Waals surface area (Å²) in [7, 11) is 0. The molecule has 1 aromatic heterocycles. The van der Waals surface area contributed by atoms with Crippen LogP contribution in [-0.4, -0.2) is 28.9 Å². The summed E-state index contributed by atoms with van der Waals surface area (Å²) in [6.45, 7) is -2.99. The number of urea groups is 1. The van der Waals surface area contributed by atoms with Crippen LogP contribution in [0.4, 0.5) is 25.1 Å². The van der Waals surface area contributed by atoms with E-state index < -0.39 is 12.6 Å². The standard InChI is InChI=1S/C20H20F2N4O3/c21-19(22)29-17-8-4-3-7-15(17)23-20(27)24-18-14-10-9-13(11-16(14)25-26-18)28-12-5-1-2-6-12/h3-4,7-12,19H,1-2,5-6H2,(H3,23,24,25,26,27). The van der Waals surface area contributed by atoms with E-state index in [-0.39, 0.29) is 17.5 Å². The minimum absolute atomic E-state index is 0.123. The van der Waals surface area contributed by atoms with Gasteiger partial charge in [0.05, 0.1) is 17.3 Å². The molecule has 7 nitrogen and oxygen atoms in total. The minimum atomic E-state index is -2.99. The number of alkyl halides is 2. The molecule has 1 aliphatic rings. The molecule has 152 valence electrons. The number of amides is 2. The minimum Gasteiger partial charge on any atom is -0.490 e. The van der Waals surface area contributed by atoms with Crippen molar-refractivity contribution in [3.05, 3.63) is 42.5 Å². The van der Waals surface area contributed by atoms with Crippen LogP contribution in [0.2, 0.25) is 0 Å². The van der Waals surface area contributed by atoms with Crippen LogP contribution < -0.4 is 20.1 Å². The number of rotatable bonds is 6. The first kappa shape index (κ1) is 19.0. The number of para-hydroxylation sites is 2. The fourth-order valence-corrected chi connectivity index (χ4v) is 3.40. The van der Waals surface area contributed by atoms with Gasteiger partial charge in [0.2, 0.25) is 0 Å². The third-order valence-electron chi connectivity index (χ3n) is 4.72. The van der Waals surface area contributed by atoms with Gasteiger partial charge in [-0.2, -0.15) is 13.9 Å². The number of benzene rings is 2. The Morgan fingerprint density at radius 2 is 1.93 bits per heavy atom. The van der Waals surface area contributed by atoms with Crippen LogP contribution in [0.1, 0.15) is 25.7 Å². The maximum absolute atomic E-state index is 12.5. The number of halogens is 2. The Hall–Kier alpha value is -3.36. The molecule has 1 aliphatic carbocycles. The van der Waals surface area contributed by atoms with Gasteiger partial charge in [-0.15, -0.1) is 0 Å². The van der Waals surface area contributed by atoms with E-state index in [4.69, 9.17) is 4.74 Å². The van der Waals surface area contributed by atoms with Crippen molar-refractivity contribution in [3.8, 4) is 11.5 Å². The number of hydrogen-bond donors (Lipinski definition) is 3. The number of carbonyl (C=O) groups is 1. The van der Waals surface area contributed by atoms with Gasteiger partial charge in [0.1, 0.15) is 11.5 Å². The lowest BCUT2D eigenvalue weighted by Gasteiger charge is -2.13. The van der Waals surface area contributed by atoms with Gasteiger partial charge in [0.15, 0.2) is 5.82 Å². The van der Waals surface area contributed by atoms with Crippen molar-refractivity contribution in [2.75, 3.05) is 10.6 Å². The van der Waals surface area contributed by atoms with Crippen molar-refractivity contribution in [3.63, 3.8) is 0 Å². The molecule has 1 fully saturated rings. The maximum atomic E-state index is 12.5. The van der Waals surface area contributed by atoms with Crippen LogP contribution >= 0.6 is 0 Å². The quantitative estimate of drug-likeness (QED) is 0.533. The predicted octanol–water partition coefficient (Wildman–Crippen LogP) is 5.13. The van der Waals surface area contributed by atoms with Crippen LogP contribution in [0.25, 0.3) is 10.9 Å². The van der Waals surface area contributed by atoms with Gasteiger partial charge < -0.3 is 14.8 Å². The van der Waals surface area contributed by atoms with Gasteiger partial charge in [-0.1, -0.05) is 12.1 Å². The Morgan fingerprint density at radius 1 is 1.14 bits per heavy atom. The molecule has 29 heavy (non-hydrogen) atoms. The molecule has 1 heterocycles. The second-order valence-electron chi connectivity index (χ2n) is 6.76. The Kier molecular flexibility index (Phi) is 5.46. The highest BCUT2D eigenvalue weighted by atomic mass is 19.3. The summed E-state index contributed by atoms with van der Waals surface area (Å²) >= 11 is 0. The number of aromatic nitrogens is 2. The van der Waals surface area contributed by atoms with Gasteiger partial charge in [-0.3, -0.25) is 10.4 Å². The molecule has 0 unspecified atom stereocenters. The monoisotopic (exact) mass is 402 g/mol. The third kappa shape index (κ3) is 4.56. The van der Waals surface area contributed by atoms with Gasteiger partial charge >= 0.3 is 12.6 Å². The van der Waals surface area contributed by atoms with E-state index >= 15 is 0 Å². The molecule has 0 spiro atoms. The van der Waals surface area contributed by atoms with Crippen LogP contribution in [0.15, 0.2) is 42.5 Å². The van der Waals surface area contributed by atoms with E-state index in [1.54, 1.807) is 6.07 Å². The van der Waals surface area contributed by atoms with E-state index in [0.717, 1.165) is 24.1 Å². The first-order valence-corrected chi connectivity index (χ1v) is 9.35. The van der Waals surface area contributed by atoms with Crippen LogP contribution in [-0.2, 0) is 0 Å². The molecule has 3 N–H and O–H groups in total. The van der Waals surface area contributed by atoms with Crippen molar-refractivity contribution in [2.45, 2.75) is 38.4 Å². The number of aromatic amines is 1. The van der Waals surface area contributed by atoms with E-state index in [2.05, 4.69) is 25.6 Å². The number of ether oxygens (including phenoxy) is 2. The lowest BCUT2D eigenvalue weighted by Crippen LogP contribution is -2.20. The highest BCUT2D eigenvalue weighted by molar-refractivity contribution is 6.05. The summed E-state index contributed by atoms with van der Waals surface area (Å²) in [4.78, 5) is 12.3. The summed E-state index contributed by atoms with van der Waals surface area (Å²) in [6.07, 6.45) is 4.74. The summed E-state index contributed by atoms with van der Waals surface area (Å²) in [5, 5.41) is 12.8. The summed E-state index contributed by atoms with van der Waals surface area (Å²) < 4.78 is 35.4. The molecule has 0 radical (unpaired) electrons. The van der Waals surface area contributed by atoms with Crippen molar-refractivity contribution in [1.29, 1.82) is 0 Å². The average Bonchev–Trinajstić information content (AvgIpc) is 3.33.